The van der Waals surface area contributed by atoms with Crippen LogP contribution in [-0.2, 0) is 11.3 Å². The van der Waals surface area contributed by atoms with E-state index in [0.717, 1.165) is 5.69 Å². The molecule has 5 nitrogen and oxygen atoms in total. The molecule has 2 aromatic carbocycles. The van der Waals surface area contributed by atoms with Crippen LogP contribution in [0.5, 0.6) is 5.75 Å². The summed E-state index contributed by atoms with van der Waals surface area (Å²) in [4.78, 5) is 23.2. The van der Waals surface area contributed by atoms with Gasteiger partial charge in [0.25, 0.3) is 5.91 Å². The summed E-state index contributed by atoms with van der Waals surface area (Å²) in [5.41, 5.74) is 1.37. The van der Waals surface area contributed by atoms with Crippen LogP contribution < -0.4 is 9.64 Å². The molecule has 0 N–H and O–H groups in total. The monoisotopic (exact) mass is 393 g/mol. The van der Waals surface area contributed by atoms with Crippen molar-refractivity contribution in [3.05, 3.63) is 84.4 Å². The molecular weight excluding hydrogens is 377 g/mol. The minimum atomic E-state index is -0.335. The van der Waals surface area contributed by atoms with E-state index in [-0.39, 0.29) is 24.9 Å². The van der Waals surface area contributed by atoms with Gasteiger partial charge in [0.1, 0.15) is 11.6 Å². The Morgan fingerprint density at radius 1 is 1.07 bits per heavy atom. The molecule has 0 unspecified atom stereocenters. The van der Waals surface area contributed by atoms with E-state index in [1.165, 1.54) is 28.4 Å². The Kier molecular flexibility index (Phi) is 5.25. The topological polar surface area (TPSA) is 55.3 Å². The third-order valence-electron chi connectivity index (χ3n) is 4.02. The molecule has 0 radical (unpaired) electrons. The van der Waals surface area contributed by atoms with Gasteiger partial charge < -0.3 is 4.74 Å². The molecule has 0 saturated heterocycles. The Bertz CT molecular complexity index is 1090. The van der Waals surface area contributed by atoms with Crippen LogP contribution in [0.15, 0.2) is 72.9 Å². The number of benzene rings is 2. The van der Waals surface area contributed by atoms with E-state index in [4.69, 9.17) is 4.74 Å². The smallest absolute Gasteiger partial charge is 0.267 e. The van der Waals surface area contributed by atoms with Crippen molar-refractivity contribution in [1.82, 2.24) is 9.97 Å². The van der Waals surface area contributed by atoms with Gasteiger partial charge in [0, 0.05) is 6.20 Å². The second-order valence-electron chi connectivity index (χ2n) is 6.01. The van der Waals surface area contributed by atoms with E-state index in [2.05, 4.69) is 9.97 Å². The molecule has 2 heterocycles. The lowest BCUT2D eigenvalue weighted by atomic mass is 10.3. The van der Waals surface area contributed by atoms with Crippen LogP contribution >= 0.6 is 11.3 Å². The summed E-state index contributed by atoms with van der Waals surface area (Å²) < 4.78 is 19.8. The normalized spacial score (nSPS) is 10.8. The molecule has 7 heteroatoms. The number of ether oxygens (including phenoxy) is 1. The zero-order chi connectivity index (χ0) is 19.3. The Hall–Kier alpha value is -3.32. The number of halogens is 1. The number of thiazole rings is 1. The Balaban J connectivity index is 1.61. The van der Waals surface area contributed by atoms with Gasteiger partial charge in [-0.2, -0.15) is 0 Å². The molecule has 0 spiro atoms. The molecule has 0 aliphatic rings. The number of pyridine rings is 1. The first-order valence-electron chi connectivity index (χ1n) is 8.63. The number of hydrogen-bond acceptors (Lipinski definition) is 5. The van der Waals surface area contributed by atoms with Crippen molar-refractivity contribution < 1.29 is 13.9 Å². The standard InChI is InChI=1S/C21H16FN3O2S/c22-15-9-10-18-19(12-15)28-21(24-18)25(13-16-6-4-5-11-23-16)20(26)14-27-17-7-2-1-3-8-17/h1-12H,13-14H2. The van der Waals surface area contributed by atoms with Crippen molar-refractivity contribution in [2.24, 2.45) is 0 Å². The van der Waals surface area contributed by atoms with Gasteiger partial charge in [0.2, 0.25) is 0 Å². The lowest BCUT2D eigenvalue weighted by molar-refractivity contribution is -0.120. The summed E-state index contributed by atoms with van der Waals surface area (Å²) >= 11 is 1.26. The second kappa shape index (κ2) is 8.14. The number of aromatic nitrogens is 2. The average molecular weight is 393 g/mol. The summed E-state index contributed by atoms with van der Waals surface area (Å²) in [5.74, 6) is 0.0201. The fraction of sp³-hybridized carbons (Fsp3) is 0.0952. The van der Waals surface area contributed by atoms with E-state index in [1.807, 2.05) is 36.4 Å². The molecule has 0 atom stereocenters. The highest BCUT2D eigenvalue weighted by atomic mass is 32.1. The lowest BCUT2D eigenvalue weighted by Gasteiger charge is -2.19. The largest absolute Gasteiger partial charge is 0.484 e. The van der Waals surface area contributed by atoms with Gasteiger partial charge >= 0.3 is 0 Å². The molecule has 4 aromatic rings. The van der Waals surface area contributed by atoms with Gasteiger partial charge in [-0.05, 0) is 42.5 Å². The fourth-order valence-corrected chi connectivity index (χ4v) is 3.66. The third-order valence-corrected chi connectivity index (χ3v) is 5.06. The van der Waals surface area contributed by atoms with Gasteiger partial charge in [-0.3, -0.25) is 14.7 Å². The molecule has 0 aliphatic heterocycles. The van der Waals surface area contributed by atoms with E-state index in [9.17, 15) is 9.18 Å². The molecule has 0 bridgehead atoms. The van der Waals surface area contributed by atoms with Crippen molar-refractivity contribution in [2.75, 3.05) is 11.5 Å². The van der Waals surface area contributed by atoms with Crippen molar-refractivity contribution in [3.63, 3.8) is 0 Å². The maximum absolute atomic E-state index is 13.5. The van der Waals surface area contributed by atoms with Crippen LogP contribution in [0, 0.1) is 5.82 Å². The zero-order valence-corrected chi connectivity index (χ0v) is 15.6. The number of para-hydroxylation sites is 1. The molecule has 0 fully saturated rings. The molecule has 28 heavy (non-hydrogen) atoms. The highest BCUT2D eigenvalue weighted by molar-refractivity contribution is 7.22. The molecule has 2 aromatic heterocycles. The fourth-order valence-electron chi connectivity index (χ4n) is 2.66. The lowest BCUT2D eigenvalue weighted by Crippen LogP contribution is -2.34. The number of amides is 1. The van der Waals surface area contributed by atoms with Crippen molar-refractivity contribution in [1.29, 1.82) is 0 Å². The van der Waals surface area contributed by atoms with Crippen molar-refractivity contribution >= 4 is 32.6 Å². The predicted octanol–water partition coefficient (Wildman–Crippen LogP) is 4.44. The third kappa shape index (κ3) is 4.15. The predicted molar refractivity (Wildman–Crippen MR) is 107 cm³/mol. The van der Waals surface area contributed by atoms with E-state index >= 15 is 0 Å². The van der Waals surface area contributed by atoms with E-state index < -0.39 is 0 Å². The van der Waals surface area contributed by atoms with E-state index in [0.29, 0.717) is 21.1 Å². The highest BCUT2D eigenvalue weighted by Crippen LogP contribution is 2.30. The molecule has 0 saturated carbocycles. The number of rotatable bonds is 6. The molecule has 4 rings (SSSR count). The molecule has 140 valence electrons. The van der Waals surface area contributed by atoms with Crippen LogP contribution in [0.4, 0.5) is 9.52 Å². The molecule has 1 amide bonds. The average Bonchev–Trinajstić information content (AvgIpc) is 3.14. The first-order valence-corrected chi connectivity index (χ1v) is 9.45. The second-order valence-corrected chi connectivity index (χ2v) is 7.02. The van der Waals surface area contributed by atoms with E-state index in [1.54, 1.807) is 24.4 Å². The maximum Gasteiger partial charge on any atom is 0.267 e. The summed E-state index contributed by atoms with van der Waals surface area (Å²) in [6.45, 7) is 0.112. The SMILES string of the molecule is O=C(COc1ccccc1)N(Cc1ccccn1)c1nc2ccc(F)cc2s1. The van der Waals surface area contributed by atoms with Gasteiger partial charge in [0.05, 0.1) is 22.5 Å². The van der Waals surface area contributed by atoms with Crippen LogP contribution in [0.2, 0.25) is 0 Å². The van der Waals surface area contributed by atoms with Gasteiger partial charge in [-0.1, -0.05) is 35.6 Å². The van der Waals surface area contributed by atoms with Crippen LogP contribution in [0.3, 0.4) is 0 Å². The first kappa shape index (κ1) is 18.1. The Labute approximate surface area is 165 Å². The van der Waals surface area contributed by atoms with Crippen molar-refractivity contribution in [2.45, 2.75) is 6.54 Å². The van der Waals surface area contributed by atoms with Crippen LogP contribution in [-0.4, -0.2) is 22.5 Å². The molecule has 0 aliphatic carbocycles. The summed E-state index contributed by atoms with van der Waals surface area (Å²) in [5, 5.41) is 0.480. The summed E-state index contributed by atoms with van der Waals surface area (Å²) in [6, 6.07) is 19.0. The van der Waals surface area contributed by atoms with Crippen LogP contribution in [0.25, 0.3) is 10.2 Å². The van der Waals surface area contributed by atoms with Crippen molar-refractivity contribution in [3.8, 4) is 5.75 Å². The number of fused-ring (bicyclic) bond motifs is 1. The number of anilines is 1. The number of carbonyl (C=O) groups excluding carboxylic acids is 1. The van der Waals surface area contributed by atoms with Crippen LogP contribution in [0.1, 0.15) is 5.69 Å². The first-order chi connectivity index (χ1) is 13.7. The minimum Gasteiger partial charge on any atom is -0.484 e. The van der Waals surface area contributed by atoms with Gasteiger partial charge in [-0.25, -0.2) is 9.37 Å². The Morgan fingerprint density at radius 3 is 2.68 bits per heavy atom. The summed E-state index contributed by atoms with van der Waals surface area (Å²) in [7, 11) is 0. The highest BCUT2D eigenvalue weighted by Gasteiger charge is 2.21. The number of hydrogen-bond donors (Lipinski definition) is 0. The quantitative estimate of drug-likeness (QED) is 0.486. The number of carbonyl (C=O) groups is 1. The Morgan fingerprint density at radius 2 is 1.89 bits per heavy atom. The number of nitrogens with zero attached hydrogens (tertiary/aromatic N) is 3. The molecular formula is C21H16FN3O2S. The van der Waals surface area contributed by atoms with Gasteiger partial charge in [0.15, 0.2) is 11.7 Å². The maximum atomic E-state index is 13.5. The zero-order valence-electron chi connectivity index (χ0n) is 14.8. The van der Waals surface area contributed by atoms with Gasteiger partial charge in [-0.15, -0.1) is 0 Å². The minimum absolute atomic E-state index is 0.138. The summed E-state index contributed by atoms with van der Waals surface area (Å²) in [6.07, 6.45) is 1.67.